The van der Waals surface area contributed by atoms with E-state index in [4.69, 9.17) is 10.2 Å². The number of aromatic nitrogens is 2. The molecule has 1 aromatic heterocycles. The Bertz CT molecular complexity index is 687. The Morgan fingerprint density at radius 2 is 1.89 bits per heavy atom. The van der Waals surface area contributed by atoms with Crippen LogP contribution in [0.25, 0.3) is 10.8 Å². The van der Waals surface area contributed by atoms with E-state index in [9.17, 15) is 0 Å². The van der Waals surface area contributed by atoms with Crippen molar-refractivity contribution in [1.29, 1.82) is 0 Å². The summed E-state index contributed by atoms with van der Waals surface area (Å²) in [6.07, 6.45) is 0. The molecule has 5 nitrogen and oxygen atoms in total. The highest BCUT2D eigenvalue weighted by Crippen LogP contribution is 2.19. The molecule has 3 N–H and O–H groups in total. The predicted molar refractivity (Wildman–Crippen MR) is 73.5 cm³/mol. The van der Waals surface area contributed by atoms with Gasteiger partial charge in [-0.15, -0.1) is 5.10 Å². The Hall–Kier alpha value is -2.40. The van der Waals surface area contributed by atoms with E-state index in [1.807, 2.05) is 18.2 Å². The maximum absolute atomic E-state index is 5.42. The van der Waals surface area contributed by atoms with Crippen LogP contribution >= 0.6 is 0 Å². The molecule has 0 aliphatic rings. The Labute approximate surface area is 110 Å². The van der Waals surface area contributed by atoms with Gasteiger partial charge in [0.15, 0.2) is 0 Å². The molecular weight excluding hydrogens is 240 g/mol. The predicted octanol–water partition coefficient (Wildman–Crippen LogP) is 2.29. The summed E-state index contributed by atoms with van der Waals surface area (Å²) in [5.41, 5.74) is 6.61. The van der Waals surface area contributed by atoms with Gasteiger partial charge in [-0.3, -0.25) is 0 Å². The minimum Gasteiger partial charge on any atom is -0.407 e. The van der Waals surface area contributed by atoms with Crippen molar-refractivity contribution < 1.29 is 4.42 Å². The summed E-state index contributed by atoms with van der Waals surface area (Å²) in [7, 11) is 0. The molecule has 2 aromatic carbocycles. The lowest BCUT2D eigenvalue weighted by molar-refractivity contribution is 0.507. The Balaban J connectivity index is 1.81. The number of rotatable bonds is 4. The summed E-state index contributed by atoms with van der Waals surface area (Å²) in [5, 5.41) is 13.2. The number of nitrogens with two attached hydrogens (primary N) is 1. The van der Waals surface area contributed by atoms with E-state index >= 15 is 0 Å². The molecule has 0 saturated carbocycles. The number of nitrogens with zero attached hydrogens (tertiary/aromatic N) is 2. The van der Waals surface area contributed by atoms with E-state index in [2.05, 4.69) is 39.8 Å². The average Bonchev–Trinajstić information content (AvgIpc) is 2.93. The van der Waals surface area contributed by atoms with Crippen molar-refractivity contribution in [2.45, 2.75) is 13.1 Å². The van der Waals surface area contributed by atoms with Crippen molar-refractivity contribution in [1.82, 2.24) is 10.2 Å². The summed E-state index contributed by atoms with van der Waals surface area (Å²) in [5.74, 6) is 0.431. The molecule has 1 heterocycles. The molecule has 0 saturated heterocycles. The highest BCUT2D eigenvalue weighted by molar-refractivity contribution is 5.85. The van der Waals surface area contributed by atoms with Crippen LogP contribution < -0.4 is 11.1 Å². The van der Waals surface area contributed by atoms with Gasteiger partial charge in [-0.25, -0.2) is 0 Å². The van der Waals surface area contributed by atoms with Crippen molar-refractivity contribution in [2.75, 3.05) is 5.32 Å². The van der Waals surface area contributed by atoms with Gasteiger partial charge in [0, 0.05) is 6.54 Å². The van der Waals surface area contributed by atoms with Crippen LogP contribution in [0.4, 0.5) is 6.01 Å². The largest absolute Gasteiger partial charge is 0.407 e. The number of fused-ring (bicyclic) bond motifs is 1. The topological polar surface area (TPSA) is 77.0 Å². The molecular formula is C14H14N4O. The molecule has 0 aliphatic heterocycles. The fraction of sp³-hybridized carbons (Fsp3) is 0.143. The number of nitrogens with one attached hydrogen (secondary N) is 1. The molecule has 0 bridgehead atoms. The molecule has 19 heavy (non-hydrogen) atoms. The van der Waals surface area contributed by atoms with Crippen LogP contribution in [0.5, 0.6) is 0 Å². The standard InChI is InChI=1S/C14H14N4O/c15-8-13-17-18-14(19-13)16-9-11-6-3-5-10-4-1-2-7-12(10)11/h1-7H,8-9,15H2,(H,16,18). The van der Waals surface area contributed by atoms with Crippen molar-refractivity contribution in [3.63, 3.8) is 0 Å². The number of anilines is 1. The zero-order chi connectivity index (χ0) is 13.1. The molecule has 5 heteroatoms. The van der Waals surface area contributed by atoms with Crippen LogP contribution in [0.3, 0.4) is 0 Å². The lowest BCUT2D eigenvalue weighted by Gasteiger charge is -2.06. The van der Waals surface area contributed by atoms with Crippen LogP contribution in [0, 0.1) is 0 Å². The van der Waals surface area contributed by atoms with E-state index in [1.165, 1.54) is 16.3 Å². The van der Waals surface area contributed by atoms with Gasteiger partial charge in [0.1, 0.15) is 0 Å². The molecule has 3 aromatic rings. The Kier molecular flexibility index (Phi) is 3.12. The minimum atomic E-state index is 0.253. The maximum atomic E-state index is 5.42. The van der Waals surface area contributed by atoms with Gasteiger partial charge in [0.2, 0.25) is 5.89 Å². The highest BCUT2D eigenvalue weighted by atomic mass is 16.4. The van der Waals surface area contributed by atoms with E-state index in [0.29, 0.717) is 18.5 Å². The van der Waals surface area contributed by atoms with Crippen LogP contribution in [-0.4, -0.2) is 10.2 Å². The third-order valence-corrected chi connectivity index (χ3v) is 2.95. The van der Waals surface area contributed by atoms with Crippen molar-refractivity contribution in [3.05, 3.63) is 53.9 Å². The maximum Gasteiger partial charge on any atom is 0.315 e. The van der Waals surface area contributed by atoms with E-state index < -0.39 is 0 Å². The first-order valence-electron chi connectivity index (χ1n) is 6.10. The first-order valence-corrected chi connectivity index (χ1v) is 6.10. The normalized spacial score (nSPS) is 10.8. The molecule has 0 aliphatic carbocycles. The van der Waals surface area contributed by atoms with E-state index in [-0.39, 0.29) is 6.54 Å². The quantitative estimate of drug-likeness (QED) is 0.747. The first kappa shape index (κ1) is 11.7. The smallest absolute Gasteiger partial charge is 0.315 e. The lowest BCUT2D eigenvalue weighted by Crippen LogP contribution is -2.00. The van der Waals surface area contributed by atoms with Crippen molar-refractivity contribution >= 4 is 16.8 Å². The second-order valence-electron chi connectivity index (χ2n) is 4.20. The summed E-state index contributed by atoms with van der Waals surface area (Å²) in [4.78, 5) is 0. The first-order chi connectivity index (χ1) is 9.36. The molecule has 0 amide bonds. The van der Waals surface area contributed by atoms with Crippen molar-refractivity contribution in [2.24, 2.45) is 5.73 Å². The zero-order valence-electron chi connectivity index (χ0n) is 10.3. The molecule has 96 valence electrons. The summed E-state index contributed by atoms with van der Waals surface area (Å²) in [6.45, 7) is 0.885. The summed E-state index contributed by atoms with van der Waals surface area (Å²) in [6, 6.07) is 14.9. The Morgan fingerprint density at radius 1 is 1.05 bits per heavy atom. The molecule has 0 fully saturated rings. The Morgan fingerprint density at radius 3 is 2.74 bits per heavy atom. The third kappa shape index (κ3) is 2.41. The van der Waals surface area contributed by atoms with E-state index in [0.717, 1.165) is 0 Å². The fourth-order valence-electron chi connectivity index (χ4n) is 2.03. The number of hydrogen-bond acceptors (Lipinski definition) is 5. The van der Waals surface area contributed by atoms with Crippen LogP contribution in [0.15, 0.2) is 46.9 Å². The van der Waals surface area contributed by atoms with Crippen molar-refractivity contribution in [3.8, 4) is 0 Å². The third-order valence-electron chi connectivity index (χ3n) is 2.95. The van der Waals surface area contributed by atoms with Gasteiger partial charge >= 0.3 is 6.01 Å². The molecule has 0 atom stereocenters. The lowest BCUT2D eigenvalue weighted by atomic mass is 10.0. The van der Waals surface area contributed by atoms with Gasteiger partial charge < -0.3 is 15.5 Å². The van der Waals surface area contributed by atoms with Crippen LogP contribution in [0.1, 0.15) is 11.5 Å². The van der Waals surface area contributed by atoms with Crippen LogP contribution in [0.2, 0.25) is 0 Å². The highest BCUT2D eigenvalue weighted by Gasteiger charge is 2.05. The molecule has 0 radical (unpaired) electrons. The average molecular weight is 254 g/mol. The molecule has 0 spiro atoms. The van der Waals surface area contributed by atoms with Gasteiger partial charge in [-0.05, 0) is 16.3 Å². The minimum absolute atomic E-state index is 0.253. The van der Waals surface area contributed by atoms with Gasteiger partial charge in [-0.2, -0.15) is 0 Å². The fourth-order valence-corrected chi connectivity index (χ4v) is 2.03. The van der Waals surface area contributed by atoms with Crippen LogP contribution in [-0.2, 0) is 13.1 Å². The number of benzene rings is 2. The second kappa shape index (κ2) is 5.07. The zero-order valence-corrected chi connectivity index (χ0v) is 10.3. The monoisotopic (exact) mass is 254 g/mol. The second-order valence-corrected chi connectivity index (χ2v) is 4.20. The number of hydrogen-bond donors (Lipinski definition) is 2. The summed E-state index contributed by atoms with van der Waals surface area (Å²) < 4.78 is 5.31. The molecule has 0 unspecified atom stereocenters. The van der Waals surface area contributed by atoms with Gasteiger partial charge in [0.05, 0.1) is 6.54 Å². The SMILES string of the molecule is NCc1nnc(NCc2cccc3ccccc23)o1. The summed E-state index contributed by atoms with van der Waals surface area (Å²) >= 11 is 0. The van der Waals surface area contributed by atoms with E-state index in [1.54, 1.807) is 0 Å². The van der Waals surface area contributed by atoms with Gasteiger partial charge in [0.25, 0.3) is 0 Å². The van der Waals surface area contributed by atoms with Gasteiger partial charge in [-0.1, -0.05) is 47.6 Å². The molecule has 3 rings (SSSR count).